The predicted octanol–water partition coefficient (Wildman–Crippen LogP) is 1.22. The van der Waals surface area contributed by atoms with Crippen molar-refractivity contribution < 1.29 is 19.1 Å². The van der Waals surface area contributed by atoms with E-state index in [-0.39, 0.29) is 0 Å². The van der Waals surface area contributed by atoms with E-state index in [2.05, 4.69) is 5.32 Å². The number of ether oxygens (including phenoxy) is 2. The lowest BCUT2D eigenvalue weighted by molar-refractivity contribution is -0.119. The fraction of sp³-hybridized carbons (Fsp3) is 0.833. The maximum absolute atomic E-state index is 11.9. The van der Waals surface area contributed by atoms with Crippen LogP contribution >= 0.6 is 11.6 Å². The van der Waals surface area contributed by atoms with E-state index in [1.807, 2.05) is 13.8 Å². The number of alkyl halides is 1. The van der Waals surface area contributed by atoms with E-state index in [4.69, 9.17) is 21.1 Å². The van der Waals surface area contributed by atoms with Gasteiger partial charge in [0, 0.05) is 26.3 Å². The summed E-state index contributed by atoms with van der Waals surface area (Å²) in [5.74, 6) is -0.510. The molecule has 0 bridgehead atoms. The van der Waals surface area contributed by atoms with Gasteiger partial charge in [0.25, 0.3) is 0 Å². The van der Waals surface area contributed by atoms with Gasteiger partial charge in [-0.25, -0.2) is 4.79 Å². The van der Waals surface area contributed by atoms with Gasteiger partial charge in [-0.05, 0) is 20.8 Å². The van der Waals surface area contributed by atoms with Crippen LogP contribution < -0.4 is 5.32 Å². The molecule has 0 aromatic rings. The molecule has 0 rings (SSSR count). The molecule has 1 unspecified atom stereocenters. The summed E-state index contributed by atoms with van der Waals surface area (Å²) >= 11 is 5.60. The van der Waals surface area contributed by atoms with Crippen LogP contribution in [0.2, 0.25) is 0 Å². The highest BCUT2D eigenvalue weighted by Gasteiger charge is 2.18. The Kier molecular flexibility index (Phi) is 10.5. The standard InChI is InChI=1S/C12H23ClN2O4/c1-4-18-8-6-15(7-9-19-5-2)12(17)14-11(16)10(3)13/h10H,4-9H2,1-3H3,(H,14,16,17). The number of urea groups is 1. The molecule has 1 N–H and O–H groups in total. The number of nitrogens with one attached hydrogen (secondary N) is 1. The molecule has 19 heavy (non-hydrogen) atoms. The van der Waals surface area contributed by atoms with E-state index in [1.165, 1.54) is 11.8 Å². The number of carbonyl (C=O) groups is 2. The van der Waals surface area contributed by atoms with Crippen molar-refractivity contribution in [2.75, 3.05) is 39.5 Å². The third-order valence-electron chi connectivity index (χ3n) is 2.30. The van der Waals surface area contributed by atoms with Crippen LogP contribution in [0.5, 0.6) is 0 Å². The molecule has 1 atom stereocenters. The van der Waals surface area contributed by atoms with Crippen molar-refractivity contribution >= 4 is 23.5 Å². The number of halogens is 1. The van der Waals surface area contributed by atoms with Gasteiger partial charge in [0.1, 0.15) is 5.38 Å². The number of amides is 3. The molecule has 3 amide bonds. The fourth-order valence-corrected chi connectivity index (χ4v) is 1.29. The van der Waals surface area contributed by atoms with Crippen molar-refractivity contribution in [2.45, 2.75) is 26.1 Å². The topological polar surface area (TPSA) is 67.9 Å². The molecule has 0 heterocycles. The predicted molar refractivity (Wildman–Crippen MR) is 73.4 cm³/mol. The number of rotatable bonds is 9. The Morgan fingerprint density at radius 3 is 2.00 bits per heavy atom. The van der Waals surface area contributed by atoms with Gasteiger partial charge < -0.3 is 14.4 Å². The Labute approximate surface area is 119 Å². The van der Waals surface area contributed by atoms with E-state index in [9.17, 15) is 9.59 Å². The number of imide groups is 1. The van der Waals surface area contributed by atoms with Gasteiger partial charge in [0.05, 0.1) is 13.2 Å². The van der Waals surface area contributed by atoms with E-state index in [0.29, 0.717) is 39.5 Å². The van der Waals surface area contributed by atoms with E-state index in [0.717, 1.165) is 0 Å². The summed E-state index contributed by atoms with van der Waals surface area (Å²) in [7, 11) is 0. The highest BCUT2D eigenvalue weighted by Crippen LogP contribution is 1.96. The van der Waals surface area contributed by atoms with Gasteiger partial charge in [-0.3, -0.25) is 10.1 Å². The molecule has 0 aliphatic carbocycles. The second kappa shape index (κ2) is 11.0. The lowest BCUT2D eigenvalue weighted by atomic mass is 10.4. The van der Waals surface area contributed by atoms with Crippen LogP contribution in [0.15, 0.2) is 0 Å². The van der Waals surface area contributed by atoms with Crippen molar-refractivity contribution in [1.82, 2.24) is 10.2 Å². The fourth-order valence-electron chi connectivity index (χ4n) is 1.24. The molecule has 0 saturated carbocycles. The smallest absolute Gasteiger partial charge is 0.324 e. The molecular formula is C12H23ClN2O4. The first-order valence-electron chi connectivity index (χ1n) is 6.42. The number of carbonyl (C=O) groups excluding carboxylic acids is 2. The first-order chi connectivity index (χ1) is 9.02. The second-order valence-corrected chi connectivity index (χ2v) is 4.45. The van der Waals surface area contributed by atoms with Crippen LogP contribution in [0, 0.1) is 0 Å². The Balaban J connectivity index is 4.27. The van der Waals surface area contributed by atoms with Crippen LogP contribution in [-0.2, 0) is 14.3 Å². The summed E-state index contributed by atoms with van der Waals surface area (Å²) in [4.78, 5) is 24.7. The Morgan fingerprint density at radius 1 is 1.16 bits per heavy atom. The van der Waals surface area contributed by atoms with Crippen LogP contribution in [0.3, 0.4) is 0 Å². The maximum Gasteiger partial charge on any atom is 0.324 e. The quantitative estimate of drug-likeness (QED) is 0.513. The normalized spacial score (nSPS) is 12.0. The molecule has 0 aromatic heterocycles. The number of hydrogen-bond donors (Lipinski definition) is 1. The first-order valence-corrected chi connectivity index (χ1v) is 6.85. The molecule has 0 fully saturated rings. The molecule has 0 aliphatic heterocycles. The van der Waals surface area contributed by atoms with Gasteiger partial charge in [-0.2, -0.15) is 0 Å². The minimum Gasteiger partial charge on any atom is -0.380 e. The van der Waals surface area contributed by atoms with Crippen molar-refractivity contribution in [2.24, 2.45) is 0 Å². The first kappa shape index (κ1) is 18.1. The zero-order valence-corrected chi connectivity index (χ0v) is 12.5. The van der Waals surface area contributed by atoms with Gasteiger partial charge in [-0.1, -0.05) is 0 Å². The molecule has 0 aliphatic rings. The summed E-state index contributed by atoms with van der Waals surface area (Å²) in [6.45, 7) is 8.06. The third-order valence-corrected chi connectivity index (χ3v) is 2.50. The minimum atomic E-state index is -0.746. The molecule has 0 saturated heterocycles. The van der Waals surface area contributed by atoms with Crippen LogP contribution in [0.1, 0.15) is 20.8 Å². The van der Waals surface area contributed by atoms with Crippen LogP contribution in [-0.4, -0.2) is 61.7 Å². The van der Waals surface area contributed by atoms with Crippen molar-refractivity contribution in [1.29, 1.82) is 0 Å². The van der Waals surface area contributed by atoms with Gasteiger partial charge in [0.15, 0.2) is 0 Å². The monoisotopic (exact) mass is 294 g/mol. The largest absolute Gasteiger partial charge is 0.380 e. The van der Waals surface area contributed by atoms with Crippen molar-refractivity contribution in [3.8, 4) is 0 Å². The summed E-state index contributed by atoms with van der Waals surface area (Å²) in [5.41, 5.74) is 0. The van der Waals surface area contributed by atoms with Gasteiger partial charge in [0.2, 0.25) is 5.91 Å². The Hall–Kier alpha value is -0.850. The zero-order valence-electron chi connectivity index (χ0n) is 11.8. The van der Waals surface area contributed by atoms with Crippen molar-refractivity contribution in [3.63, 3.8) is 0 Å². The molecule has 0 spiro atoms. The Morgan fingerprint density at radius 2 is 1.63 bits per heavy atom. The summed E-state index contributed by atoms with van der Waals surface area (Å²) in [6, 6.07) is -0.475. The average Bonchev–Trinajstić information content (AvgIpc) is 2.37. The lowest BCUT2D eigenvalue weighted by Gasteiger charge is -2.22. The van der Waals surface area contributed by atoms with E-state index < -0.39 is 17.3 Å². The number of nitrogens with zero attached hydrogens (tertiary/aromatic N) is 1. The lowest BCUT2D eigenvalue weighted by Crippen LogP contribution is -2.47. The van der Waals surface area contributed by atoms with Crippen LogP contribution in [0.25, 0.3) is 0 Å². The average molecular weight is 295 g/mol. The molecule has 112 valence electrons. The highest BCUT2D eigenvalue weighted by molar-refractivity contribution is 6.31. The molecule has 7 heteroatoms. The summed E-state index contributed by atoms with van der Waals surface area (Å²) in [6.07, 6.45) is 0. The molecule has 0 radical (unpaired) electrons. The second-order valence-electron chi connectivity index (χ2n) is 3.79. The Bertz CT molecular complexity index is 264. The van der Waals surface area contributed by atoms with Crippen LogP contribution in [0.4, 0.5) is 4.79 Å². The highest BCUT2D eigenvalue weighted by atomic mass is 35.5. The SMILES string of the molecule is CCOCCN(CCOCC)C(=O)NC(=O)C(C)Cl. The third kappa shape index (κ3) is 8.80. The zero-order chi connectivity index (χ0) is 14.7. The number of hydrogen-bond acceptors (Lipinski definition) is 4. The maximum atomic E-state index is 11.9. The van der Waals surface area contributed by atoms with Gasteiger partial charge >= 0.3 is 6.03 Å². The van der Waals surface area contributed by atoms with Gasteiger partial charge in [-0.15, -0.1) is 11.6 Å². The summed E-state index contributed by atoms with van der Waals surface area (Å²) < 4.78 is 10.4. The van der Waals surface area contributed by atoms with E-state index in [1.54, 1.807) is 0 Å². The summed E-state index contributed by atoms with van der Waals surface area (Å²) in [5, 5.41) is 1.49. The minimum absolute atomic E-state index is 0.399. The van der Waals surface area contributed by atoms with Crippen molar-refractivity contribution in [3.05, 3.63) is 0 Å². The molecule has 6 nitrogen and oxygen atoms in total. The van der Waals surface area contributed by atoms with E-state index >= 15 is 0 Å². The molecule has 0 aromatic carbocycles. The molecular weight excluding hydrogens is 272 g/mol.